The fraction of sp³-hybridized carbons (Fsp3) is 0.636. The molecule has 0 saturated carbocycles. The molecule has 0 aliphatic carbocycles. The largest absolute Gasteiger partial charge is 0.383 e. The first-order valence-corrected chi connectivity index (χ1v) is 5.62. The molecular formula is C11H19FN4O2. The van der Waals surface area contributed by atoms with Gasteiger partial charge in [-0.2, -0.15) is 4.98 Å². The van der Waals surface area contributed by atoms with Crippen LogP contribution in [0.25, 0.3) is 0 Å². The van der Waals surface area contributed by atoms with Crippen molar-refractivity contribution in [1.29, 1.82) is 0 Å². The molecule has 0 aromatic carbocycles. The van der Waals surface area contributed by atoms with Crippen molar-refractivity contribution in [2.45, 2.75) is 13.0 Å². The molecule has 102 valence electrons. The average Bonchev–Trinajstić information content (AvgIpc) is 2.34. The first kappa shape index (κ1) is 14.6. The van der Waals surface area contributed by atoms with Crippen LogP contribution in [0.3, 0.4) is 0 Å². The van der Waals surface area contributed by atoms with Gasteiger partial charge >= 0.3 is 0 Å². The van der Waals surface area contributed by atoms with Gasteiger partial charge in [-0.3, -0.25) is 0 Å². The van der Waals surface area contributed by atoms with E-state index in [1.165, 1.54) is 0 Å². The van der Waals surface area contributed by atoms with Crippen molar-refractivity contribution in [3.05, 3.63) is 12.0 Å². The monoisotopic (exact) mass is 258 g/mol. The molecular weight excluding hydrogens is 239 g/mol. The van der Waals surface area contributed by atoms with E-state index in [1.807, 2.05) is 6.92 Å². The van der Waals surface area contributed by atoms with Crippen molar-refractivity contribution in [1.82, 2.24) is 9.97 Å². The molecule has 1 heterocycles. The van der Waals surface area contributed by atoms with Crippen LogP contribution in [0.1, 0.15) is 6.92 Å². The van der Waals surface area contributed by atoms with Gasteiger partial charge in [0.05, 0.1) is 25.5 Å². The lowest BCUT2D eigenvalue weighted by Crippen LogP contribution is -2.40. The van der Waals surface area contributed by atoms with Gasteiger partial charge in [-0.05, 0) is 6.92 Å². The molecule has 0 saturated heterocycles. The lowest BCUT2D eigenvalue weighted by atomic mass is 10.3. The van der Waals surface area contributed by atoms with Crippen molar-refractivity contribution in [3.63, 3.8) is 0 Å². The second-order valence-corrected chi connectivity index (χ2v) is 3.89. The summed E-state index contributed by atoms with van der Waals surface area (Å²) in [6.07, 6.45) is 1.07. The van der Waals surface area contributed by atoms with E-state index in [9.17, 15) is 4.39 Å². The minimum atomic E-state index is -0.511. The number of hydrogen-bond donors (Lipinski definition) is 1. The number of aromatic nitrogens is 2. The first-order valence-electron chi connectivity index (χ1n) is 5.62. The highest BCUT2D eigenvalue weighted by atomic mass is 19.1. The molecule has 0 aliphatic heterocycles. The van der Waals surface area contributed by atoms with Crippen LogP contribution in [-0.2, 0) is 9.47 Å². The Morgan fingerprint density at radius 3 is 2.78 bits per heavy atom. The molecule has 0 radical (unpaired) electrons. The number of rotatable bonds is 7. The van der Waals surface area contributed by atoms with Crippen molar-refractivity contribution < 1.29 is 13.9 Å². The summed E-state index contributed by atoms with van der Waals surface area (Å²) in [6, 6.07) is -0.0473. The van der Waals surface area contributed by atoms with Crippen LogP contribution in [0.15, 0.2) is 6.20 Å². The van der Waals surface area contributed by atoms with Crippen molar-refractivity contribution >= 4 is 11.8 Å². The summed E-state index contributed by atoms with van der Waals surface area (Å²) in [6.45, 7) is 3.32. The smallest absolute Gasteiger partial charge is 0.222 e. The number of nitrogens with two attached hydrogens (primary N) is 1. The topological polar surface area (TPSA) is 73.5 Å². The molecule has 6 nitrogen and oxygen atoms in total. The van der Waals surface area contributed by atoms with Crippen molar-refractivity contribution in [2.24, 2.45) is 0 Å². The zero-order valence-electron chi connectivity index (χ0n) is 10.9. The third-order valence-electron chi connectivity index (χ3n) is 2.49. The van der Waals surface area contributed by atoms with Crippen LogP contribution in [0.2, 0.25) is 0 Å². The molecule has 1 rings (SSSR count). The molecule has 7 heteroatoms. The van der Waals surface area contributed by atoms with Crippen LogP contribution in [0, 0.1) is 5.82 Å². The summed E-state index contributed by atoms with van der Waals surface area (Å²) in [5.41, 5.74) is 5.49. The summed E-state index contributed by atoms with van der Waals surface area (Å²) in [5, 5.41) is 0. The van der Waals surface area contributed by atoms with Crippen molar-refractivity contribution in [2.75, 3.05) is 44.6 Å². The van der Waals surface area contributed by atoms with Crippen LogP contribution < -0.4 is 10.6 Å². The Morgan fingerprint density at radius 2 is 2.17 bits per heavy atom. The third kappa shape index (κ3) is 3.78. The normalized spacial score (nSPS) is 12.4. The molecule has 0 amide bonds. The standard InChI is InChI=1S/C11H19FN4O2/c1-8(7-18-3)16(4-5-17-2)10-9(12)6-14-11(13)15-10/h6,8H,4-5,7H2,1-3H3,(H2,13,14,15). The number of nitrogens with zero attached hydrogens (tertiary/aromatic N) is 3. The minimum Gasteiger partial charge on any atom is -0.383 e. The Hall–Kier alpha value is -1.47. The maximum absolute atomic E-state index is 13.7. The van der Waals surface area contributed by atoms with Gasteiger partial charge in [0.25, 0.3) is 0 Å². The van der Waals surface area contributed by atoms with E-state index >= 15 is 0 Å². The SMILES string of the molecule is COCCN(c1nc(N)ncc1F)C(C)COC. The summed E-state index contributed by atoms with van der Waals surface area (Å²) in [7, 11) is 3.18. The van der Waals surface area contributed by atoms with Crippen LogP contribution in [0.4, 0.5) is 16.2 Å². The van der Waals surface area contributed by atoms with E-state index in [0.717, 1.165) is 6.20 Å². The van der Waals surface area contributed by atoms with Gasteiger partial charge in [0, 0.05) is 20.8 Å². The van der Waals surface area contributed by atoms with Gasteiger partial charge in [-0.25, -0.2) is 9.37 Å². The van der Waals surface area contributed by atoms with E-state index in [1.54, 1.807) is 19.1 Å². The summed E-state index contributed by atoms with van der Waals surface area (Å²) in [5.74, 6) is -0.300. The lowest BCUT2D eigenvalue weighted by Gasteiger charge is -2.29. The number of ether oxygens (including phenoxy) is 2. The fourth-order valence-electron chi connectivity index (χ4n) is 1.63. The molecule has 0 bridgehead atoms. The average molecular weight is 258 g/mol. The molecule has 2 N–H and O–H groups in total. The minimum absolute atomic E-state index is 0.0402. The molecule has 1 unspecified atom stereocenters. The van der Waals surface area contributed by atoms with Gasteiger partial charge < -0.3 is 20.1 Å². The molecule has 1 aromatic heterocycles. The van der Waals surface area contributed by atoms with Crippen LogP contribution in [0.5, 0.6) is 0 Å². The number of methoxy groups -OCH3 is 2. The lowest BCUT2D eigenvalue weighted by molar-refractivity contribution is 0.170. The molecule has 0 aliphatic rings. The van der Waals surface area contributed by atoms with Gasteiger partial charge in [0.15, 0.2) is 11.6 Å². The van der Waals surface area contributed by atoms with E-state index < -0.39 is 5.82 Å². The predicted octanol–water partition coefficient (Wildman–Crippen LogP) is 0.686. The number of halogens is 1. The third-order valence-corrected chi connectivity index (χ3v) is 2.49. The molecule has 18 heavy (non-hydrogen) atoms. The maximum atomic E-state index is 13.7. The van der Waals surface area contributed by atoms with Gasteiger partial charge in [-0.15, -0.1) is 0 Å². The highest BCUT2D eigenvalue weighted by Gasteiger charge is 2.19. The Kier molecular flexibility index (Phi) is 5.73. The zero-order valence-corrected chi connectivity index (χ0v) is 10.9. The summed E-state index contributed by atoms with van der Waals surface area (Å²) < 4.78 is 23.8. The maximum Gasteiger partial charge on any atom is 0.222 e. The van der Waals surface area contributed by atoms with Gasteiger partial charge in [-0.1, -0.05) is 0 Å². The fourth-order valence-corrected chi connectivity index (χ4v) is 1.63. The second kappa shape index (κ2) is 7.07. The highest BCUT2D eigenvalue weighted by Crippen LogP contribution is 2.18. The number of hydrogen-bond acceptors (Lipinski definition) is 6. The van der Waals surface area contributed by atoms with Crippen LogP contribution >= 0.6 is 0 Å². The summed E-state index contributed by atoms with van der Waals surface area (Å²) in [4.78, 5) is 9.30. The van der Waals surface area contributed by atoms with E-state index in [4.69, 9.17) is 15.2 Å². The predicted molar refractivity (Wildman–Crippen MR) is 67.0 cm³/mol. The quantitative estimate of drug-likeness (QED) is 0.775. The second-order valence-electron chi connectivity index (χ2n) is 3.89. The van der Waals surface area contributed by atoms with Crippen molar-refractivity contribution in [3.8, 4) is 0 Å². The Bertz CT molecular complexity index is 378. The zero-order chi connectivity index (χ0) is 13.5. The van der Waals surface area contributed by atoms with Gasteiger partial charge in [0.2, 0.25) is 5.95 Å². The summed E-state index contributed by atoms with van der Waals surface area (Å²) >= 11 is 0. The molecule has 0 spiro atoms. The van der Waals surface area contributed by atoms with Crippen LogP contribution in [-0.4, -0.2) is 50.0 Å². The first-order chi connectivity index (χ1) is 8.60. The molecule has 1 aromatic rings. The number of nitrogen functional groups attached to an aromatic ring is 1. The van der Waals surface area contributed by atoms with E-state index in [0.29, 0.717) is 19.8 Å². The molecule has 1 atom stereocenters. The van der Waals surface area contributed by atoms with E-state index in [-0.39, 0.29) is 17.8 Å². The Labute approximate surface area is 106 Å². The Balaban J connectivity index is 2.96. The number of anilines is 2. The molecule has 0 fully saturated rings. The van der Waals surface area contributed by atoms with E-state index in [2.05, 4.69) is 9.97 Å². The highest BCUT2D eigenvalue weighted by molar-refractivity contribution is 5.43. The Morgan fingerprint density at radius 1 is 1.44 bits per heavy atom. The van der Waals surface area contributed by atoms with Gasteiger partial charge in [0.1, 0.15) is 0 Å².